The molecule has 1 saturated carbocycles. The van der Waals surface area contributed by atoms with Gasteiger partial charge >= 0.3 is 0 Å². The topological polar surface area (TPSA) is 64.4 Å². The van der Waals surface area contributed by atoms with Gasteiger partial charge in [0.25, 0.3) is 0 Å². The Morgan fingerprint density at radius 1 is 1.12 bits per heavy atom. The second-order valence-electron chi connectivity index (χ2n) is 7.79. The summed E-state index contributed by atoms with van der Waals surface area (Å²) >= 11 is 0. The highest BCUT2D eigenvalue weighted by Crippen LogP contribution is 2.34. The van der Waals surface area contributed by atoms with Crippen molar-refractivity contribution in [1.82, 2.24) is 9.88 Å². The molecule has 1 aromatic heterocycles. The molecule has 0 radical (unpaired) electrons. The van der Waals surface area contributed by atoms with E-state index in [0.29, 0.717) is 19.3 Å². The minimum Gasteiger partial charge on any atom is -0.378 e. The van der Waals surface area contributed by atoms with Crippen LogP contribution in [-0.4, -0.2) is 55.8 Å². The summed E-state index contributed by atoms with van der Waals surface area (Å²) in [6.45, 7) is 4.90. The van der Waals surface area contributed by atoms with Crippen molar-refractivity contribution in [2.75, 3.05) is 50.1 Å². The maximum Gasteiger partial charge on any atom is 0.149 e. The van der Waals surface area contributed by atoms with Gasteiger partial charge in [-0.15, -0.1) is 0 Å². The number of nitrogens with zero attached hydrogens (tertiary/aromatic N) is 4. The zero-order valence-corrected chi connectivity index (χ0v) is 15.8. The van der Waals surface area contributed by atoms with Crippen LogP contribution in [-0.2, 0) is 17.7 Å². The SMILES string of the molecule is CN1CCc2c(C#N)c(N3CCOCC3)nc(NC3CCCCC3)c2C1. The third kappa shape index (κ3) is 3.51. The highest BCUT2D eigenvalue weighted by Gasteiger charge is 2.28. The molecule has 1 saturated heterocycles. The van der Waals surface area contributed by atoms with Gasteiger partial charge in [-0.05, 0) is 31.9 Å². The fraction of sp³-hybridized carbons (Fsp3) is 0.700. The maximum absolute atomic E-state index is 9.90. The van der Waals surface area contributed by atoms with Gasteiger partial charge in [-0.25, -0.2) is 4.98 Å². The molecule has 4 rings (SSSR count). The molecule has 1 aliphatic carbocycles. The minimum absolute atomic E-state index is 0.512. The molecule has 3 heterocycles. The molecule has 0 bridgehead atoms. The molecule has 26 heavy (non-hydrogen) atoms. The molecule has 0 unspecified atom stereocenters. The molecule has 1 aromatic rings. The van der Waals surface area contributed by atoms with Crippen molar-refractivity contribution in [1.29, 1.82) is 5.26 Å². The number of ether oxygens (including phenoxy) is 1. The number of nitriles is 1. The van der Waals surface area contributed by atoms with Crippen LogP contribution in [0, 0.1) is 11.3 Å². The van der Waals surface area contributed by atoms with Crippen LogP contribution in [0.5, 0.6) is 0 Å². The Bertz CT molecular complexity index is 686. The fourth-order valence-electron chi connectivity index (χ4n) is 4.44. The quantitative estimate of drug-likeness (QED) is 0.899. The molecule has 0 spiro atoms. The Morgan fingerprint density at radius 3 is 2.62 bits per heavy atom. The monoisotopic (exact) mass is 355 g/mol. The number of hydrogen-bond acceptors (Lipinski definition) is 6. The number of hydrogen-bond donors (Lipinski definition) is 1. The Hall–Kier alpha value is -1.84. The van der Waals surface area contributed by atoms with Gasteiger partial charge in [-0.2, -0.15) is 5.26 Å². The molecule has 2 fully saturated rings. The summed E-state index contributed by atoms with van der Waals surface area (Å²) < 4.78 is 5.50. The van der Waals surface area contributed by atoms with Gasteiger partial charge in [-0.3, -0.25) is 0 Å². The number of aromatic nitrogens is 1. The van der Waals surface area contributed by atoms with Crippen molar-refractivity contribution in [3.8, 4) is 6.07 Å². The van der Waals surface area contributed by atoms with E-state index < -0.39 is 0 Å². The maximum atomic E-state index is 9.90. The average molecular weight is 355 g/mol. The van der Waals surface area contributed by atoms with Gasteiger partial charge in [-0.1, -0.05) is 19.3 Å². The first-order valence-corrected chi connectivity index (χ1v) is 10.00. The predicted molar refractivity (Wildman–Crippen MR) is 103 cm³/mol. The number of fused-ring (bicyclic) bond motifs is 1. The summed E-state index contributed by atoms with van der Waals surface area (Å²) in [5.41, 5.74) is 3.22. The van der Waals surface area contributed by atoms with Gasteiger partial charge < -0.3 is 19.9 Å². The van der Waals surface area contributed by atoms with Crippen molar-refractivity contribution in [2.45, 2.75) is 51.1 Å². The molecular formula is C20H29N5O. The summed E-state index contributed by atoms with van der Waals surface area (Å²) in [5.74, 6) is 1.87. The Labute approximate surface area is 156 Å². The van der Waals surface area contributed by atoms with Crippen LogP contribution in [0.3, 0.4) is 0 Å². The first-order valence-electron chi connectivity index (χ1n) is 10.00. The number of rotatable bonds is 3. The van der Waals surface area contributed by atoms with E-state index in [4.69, 9.17) is 9.72 Å². The number of morpholine rings is 1. The molecule has 0 amide bonds. The predicted octanol–water partition coefficient (Wildman–Crippen LogP) is 2.52. The lowest BCUT2D eigenvalue weighted by atomic mass is 9.93. The summed E-state index contributed by atoms with van der Waals surface area (Å²) in [6, 6.07) is 2.99. The molecule has 0 aromatic carbocycles. The van der Waals surface area contributed by atoms with Crippen LogP contribution in [0.4, 0.5) is 11.6 Å². The largest absolute Gasteiger partial charge is 0.378 e. The number of nitrogens with one attached hydrogen (secondary N) is 1. The van der Waals surface area contributed by atoms with E-state index >= 15 is 0 Å². The molecule has 6 nitrogen and oxygen atoms in total. The second kappa shape index (κ2) is 7.81. The molecule has 2 aliphatic heterocycles. The van der Waals surface area contributed by atoms with Crippen molar-refractivity contribution in [2.24, 2.45) is 0 Å². The fourth-order valence-corrected chi connectivity index (χ4v) is 4.44. The van der Waals surface area contributed by atoms with Crippen LogP contribution < -0.4 is 10.2 Å². The lowest BCUT2D eigenvalue weighted by Gasteiger charge is -2.34. The van der Waals surface area contributed by atoms with Crippen LogP contribution in [0.1, 0.15) is 48.8 Å². The van der Waals surface area contributed by atoms with Crippen LogP contribution >= 0.6 is 0 Å². The number of anilines is 2. The lowest BCUT2D eigenvalue weighted by Crippen LogP contribution is -2.38. The second-order valence-corrected chi connectivity index (χ2v) is 7.79. The number of pyridine rings is 1. The summed E-state index contributed by atoms with van der Waals surface area (Å²) in [6.07, 6.45) is 7.31. The highest BCUT2D eigenvalue weighted by atomic mass is 16.5. The van der Waals surface area contributed by atoms with Crippen LogP contribution in [0.25, 0.3) is 0 Å². The van der Waals surface area contributed by atoms with Crippen molar-refractivity contribution < 1.29 is 4.74 Å². The van der Waals surface area contributed by atoms with E-state index in [1.807, 2.05) is 0 Å². The van der Waals surface area contributed by atoms with E-state index in [1.54, 1.807) is 0 Å². The molecule has 140 valence electrons. The first-order chi connectivity index (χ1) is 12.8. The molecule has 3 aliphatic rings. The molecule has 0 atom stereocenters. The Kier molecular flexibility index (Phi) is 5.28. The Balaban J connectivity index is 1.74. The summed E-state index contributed by atoms with van der Waals surface area (Å²) in [7, 11) is 2.15. The van der Waals surface area contributed by atoms with Gasteiger partial charge in [0.2, 0.25) is 0 Å². The van der Waals surface area contributed by atoms with E-state index in [2.05, 4.69) is 28.2 Å². The van der Waals surface area contributed by atoms with Gasteiger partial charge in [0, 0.05) is 37.8 Å². The minimum atomic E-state index is 0.512. The van der Waals surface area contributed by atoms with Gasteiger partial charge in [0.15, 0.2) is 0 Å². The van der Waals surface area contributed by atoms with Gasteiger partial charge in [0.1, 0.15) is 17.7 Å². The normalized spacial score (nSPS) is 21.9. The number of likely N-dealkylation sites (N-methyl/N-ethyl adjacent to an activating group) is 1. The zero-order valence-electron chi connectivity index (χ0n) is 15.8. The smallest absolute Gasteiger partial charge is 0.149 e. The van der Waals surface area contributed by atoms with Crippen LogP contribution in [0.15, 0.2) is 0 Å². The van der Waals surface area contributed by atoms with Gasteiger partial charge in [0.05, 0.1) is 18.8 Å². The summed E-state index contributed by atoms with van der Waals surface area (Å²) in [5, 5.41) is 13.7. The first kappa shape index (κ1) is 17.6. The molecular weight excluding hydrogens is 326 g/mol. The zero-order chi connectivity index (χ0) is 17.9. The molecule has 1 N–H and O–H groups in total. The third-order valence-corrected chi connectivity index (χ3v) is 5.93. The van der Waals surface area contributed by atoms with Crippen molar-refractivity contribution in [3.63, 3.8) is 0 Å². The lowest BCUT2D eigenvalue weighted by molar-refractivity contribution is 0.122. The van der Waals surface area contributed by atoms with Crippen molar-refractivity contribution >= 4 is 11.6 Å². The standard InChI is InChI=1S/C20H29N5O/c1-24-8-7-16-17(13-21)20(25-9-11-26-12-10-25)23-19(18(16)14-24)22-15-5-3-2-4-6-15/h15H,2-12,14H2,1H3,(H,22,23). The van der Waals surface area contributed by atoms with E-state index in [1.165, 1.54) is 43.2 Å². The van der Waals surface area contributed by atoms with Crippen molar-refractivity contribution in [3.05, 3.63) is 16.7 Å². The van der Waals surface area contributed by atoms with E-state index in [0.717, 1.165) is 49.8 Å². The molecule has 6 heteroatoms. The third-order valence-electron chi connectivity index (χ3n) is 5.93. The summed E-state index contributed by atoms with van der Waals surface area (Å²) in [4.78, 5) is 9.57. The Morgan fingerprint density at radius 2 is 1.88 bits per heavy atom. The van der Waals surface area contributed by atoms with E-state index in [-0.39, 0.29) is 0 Å². The highest BCUT2D eigenvalue weighted by molar-refractivity contribution is 5.67. The average Bonchev–Trinajstić information content (AvgIpc) is 2.69. The van der Waals surface area contributed by atoms with Crippen LogP contribution in [0.2, 0.25) is 0 Å². The van der Waals surface area contributed by atoms with E-state index in [9.17, 15) is 5.26 Å².